The van der Waals surface area contributed by atoms with E-state index in [1.54, 1.807) is 0 Å². The number of hydrogen-bond donors (Lipinski definition) is 2. The van der Waals surface area contributed by atoms with Crippen molar-refractivity contribution in [3.63, 3.8) is 0 Å². The number of benzene rings is 2. The molecule has 0 fully saturated rings. The molecule has 0 amide bonds. The van der Waals surface area contributed by atoms with Gasteiger partial charge in [0, 0.05) is 5.69 Å². The summed E-state index contributed by atoms with van der Waals surface area (Å²) in [5, 5.41) is -0.696. The maximum Gasteiger partial charge on any atom is 0.262 e. The van der Waals surface area contributed by atoms with Gasteiger partial charge in [0.25, 0.3) is 10.0 Å². The third-order valence-electron chi connectivity index (χ3n) is 2.44. The van der Waals surface area contributed by atoms with E-state index < -0.39 is 21.7 Å². The zero-order valence-electron chi connectivity index (χ0n) is 10.2. The number of sulfonamides is 1. The van der Waals surface area contributed by atoms with Gasteiger partial charge in [-0.05, 0) is 30.3 Å². The van der Waals surface area contributed by atoms with Crippen LogP contribution in [-0.4, -0.2) is 8.42 Å². The lowest BCUT2D eigenvalue weighted by Gasteiger charge is -2.10. The summed E-state index contributed by atoms with van der Waals surface area (Å²) in [6, 6.07) is 4.94. The van der Waals surface area contributed by atoms with E-state index in [1.807, 2.05) is 0 Å². The summed E-state index contributed by atoms with van der Waals surface area (Å²) in [5.74, 6) is -1.66. The molecule has 2 rings (SSSR count). The smallest absolute Gasteiger partial charge is 0.262 e. The molecular weight excluding hydrogens is 345 g/mol. The molecule has 0 aliphatic carbocycles. The van der Waals surface area contributed by atoms with Crippen molar-refractivity contribution in [2.45, 2.75) is 4.90 Å². The Morgan fingerprint density at radius 1 is 1.00 bits per heavy atom. The van der Waals surface area contributed by atoms with Gasteiger partial charge in [-0.15, -0.1) is 0 Å². The first-order chi connectivity index (χ1) is 9.69. The number of anilines is 2. The molecule has 0 aliphatic heterocycles. The second kappa shape index (κ2) is 5.67. The molecule has 0 aromatic heterocycles. The molecular formula is C12H8Cl2F2N2O2S. The molecule has 9 heteroatoms. The maximum atomic E-state index is 13.3. The Bertz CT molecular complexity index is 770. The van der Waals surface area contributed by atoms with E-state index in [0.29, 0.717) is 0 Å². The molecule has 112 valence electrons. The van der Waals surface area contributed by atoms with Gasteiger partial charge in [0.2, 0.25) is 0 Å². The summed E-state index contributed by atoms with van der Waals surface area (Å²) in [6.45, 7) is 0. The lowest BCUT2D eigenvalue weighted by molar-refractivity contribution is 0.595. The highest BCUT2D eigenvalue weighted by molar-refractivity contribution is 7.92. The van der Waals surface area contributed by atoms with Crippen LogP contribution in [0.1, 0.15) is 0 Å². The summed E-state index contributed by atoms with van der Waals surface area (Å²) in [4.78, 5) is -0.378. The first-order valence-corrected chi connectivity index (χ1v) is 7.66. The number of nitrogens with one attached hydrogen (secondary N) is 1. The Morgan fingerprint density at radius 3 is 2.10 bits per heavy atom. The maximum absolute atomic E-state index is 13.3. The molecule has 2 aromatic carbocycles. The van der Waals surface area contributed by atoms with Crippen LogP contribution in [0.5, 0.6) is 0 Å². The standard InChI is InChI=1S/C12H8Cl2F2N2O2S/c13-10-4-8(5-11(14)12(10)16)18-21(19,20)9-2-6(15)1-7(17)3-9/h1-5,18H,17H2. The molecule has 21 heavy (non-hydrogen) atoms. The van der Waals surface area contributed by atoms with E-state index in [0.717, 1.165) is 30.3 Å². The van der Waals surface area contributed by atoms with Gasteiger partial charge in [-0.1, -0.05) is 23.2 Å². The summed E-state index contributed by atoms with van der Waals surface area (Å²) >= 11 is 11.1. The van der Waals surface area contributed by atoms with Crippen LogP contribution in [0.4, 0.5) is 20.2 Å². The van der Waals surface area contributed by atoms with Gasteiger partial charge < -0.3 is 5.73 Å². The van der Waals surface area contributed by atoms with Gasteiger partial charge in [0.15, 0.2) is 5.82 Å². The molecule has 0 atom stereocenters. The summed E-state index contributed by atoms with van der Waals surface area (Å²) < 4.78 is 52.8. The average molecular weight is 353 g/mol. The number of rotatable bonds is 3. The molecule has 2 aromatic rings. The number of nitrogens with two attached hydrogens (primary N) is 1. The minimum atomic E-state index is -4.11. The predicted molar refractivity (Wildman–Crippen MR) is 78.0 cm³/mol. The molecule has 4 nitrogen and oxygen atoms in total. The molecule has 0 aliphatic rings. The van der Waals surface area contributed by atoms with E-state index in [2.05, 4.69) is 4.72 Å². The minimum absolute atomic E-state index is 0.0504. The Balaban J connectivity index is 2.42. The highest BCUT2D eigenvalue weighted by atomic mass is 35.5. The molecule has 0 spiro atoms. The van der Waals surface area contributed by atoms with Crippen molar-refractivity contribution in [2.75, 3.05) is 10.5 Å². The quantitative estimate of drug-likeness (QED) is 0.654. The second-order valence-electron chi connectivity index (χ2n) is 4.08. The molecule has 0 bridgehead atoms. The van der Waals surface area contributed by atoms with Crippen LogP contribution in [0.25, 0.3) is 0 Å². The van der Waals surface area contributed by atoms with Crippen molar-refractivity contribution < 1.29 is 17.2 Å². The largest absolute Gasteiger partial charge is 0.399 e. The Hall–Kier alpha value is -1.57. The van der Waals surface area contributed by atoms with Crippen molar-refractivity contribution in [3.8, 4) is 0 Å². The van der Waals surface area contributed by atoms with Crippen LogP contribution in [0.2, 0.25) is 10.0 Å². The van der Waals surface area contributed by atoms with Crippen molar-refractivity contribution in [3.05, 3.63) is 52.0 Å². The third-order valence-corrected chi connectivity index (χ3v) is 4.35. The number of nitrogen functional groups attached to an aromatic ring is 1. The molecule has 3 N–H and O–H groups in total. The van der Waals surface area contributed by atoms with Gasteiger partial charge in [-0.3, -0.25) is 4.72 Å². The highest BCUT2D eigenvalue weighted by Crippen LogP contribution is 2.29. The van der Waals surface area contributed by atoms with Gasteiger partial charge in [-0.2, -0.15) is 0 Å². The van der Waals surface area contributed by atoms with Crippen molar-refractivity contribution in [1.29, 1.82) is 0 Å². The molecule has 0 radical (unpaired) electrons. The van der Waals surface area contributed by atoms with E-state index in [4.69, 9.17) is 28.9 Å². The summed E-state index contributed by atoms with van der Waals surface area (Å²) in [5.41, 5.74) is 5.28. The van der Waals surface area contributed by atoms with Crippen molar-refractivity contribution in [1.82, 2.24) is 0 Å². The van der Waals surface area contributed by atoms with Crippen LogP contribution < -0.4 is 10.5 Å². The second-order valence-corrected chi connectivity index (χ2v) is 6.58. The van der Waals surface area contributed by atoms with Crippen molar-refractivity contribution in [2.24, 2.45) is 0 Å². The van der Waals surface area contributed by atoms with E-state index in [-0.39, 0.29) is 26.3 Å². The fraction of sp³-hybridized carbons (Fsp3) is 0. The Kier molecular flexibility index (Phi) is 4.27. The minimum Gasteiger partial charge on any atom is -0.399 e. The van der Waals surface area contributed by atoms with Crippen LogP contribution in [0.15, 0.2) is 35.2 Å². The SMILES string of the molecule is Nc1cc(F)cc(S(=O)(=O)Nc2cc(Cl)c(F)c(Cl)c2)c1. The van der Waals surface area contributed by atoms with Crippen LogP contribution >= 0.6 is 23.2 Å². The average Bonchev–Trinajstić information content (AvgIpc) is 2.34. The fourth-order valence-electron chi connectivity index (χ4n) is 1.57. The van der Waals surface area contributed by atoms with Gasteiger partial charge in [0.05, 0.1) is 20.6 Å². The van der Waals surface area contributed by atoms with Crippen LogP contribution in [0, 0.1) is 11.6 Å². The van der Waals surface area contributed by atoms with Crippen LogP contribution in [-0.2, 0) is 10.0 Å². The summed E-state index contributed by atoms with van der Waals surface area (Å²) in [7, 11) is -4.11. The predicted octanol–water partition coefficient (Wildman–Crippen LogP) is 3.65. The topological polar surface area (TPSA) is 72.2 Å². The molecule has 0 saturated heterocycles. The summed E-state index contributed by atoms with van der Waals surface area (Å²) in [6.07, 6.45) is 0. The molecule has 0 unspecified atom stereocenters. The van der Waals surface area contributed by atoms with Gasteiger partial charge in [0.1, 0.15) is 5.82 Å². The van der Waals surface area contributed by atoms with E-state index >= 15 is 0 Å². The monoisotopic (exact) mass is 352 g/mol. The lowest BCUT2D eigenvalue weighted by atomic mass is 10.3. The van der Waals surface area contributed by atoms with E-state index in [1.165, 1.54) is 0 Å². The number of halogens is 4. The van der Waals surface area contributed by atoms with Gasteiger partial charge >= 0.3 is 0 Å². The molecule has 0 saturated carbocycles. The fourth-order valence-corrected chi connectivity index (χ4v) is 3.16. The molecule has 0 heterocycles. The van der Waals surface area contributed by atoms with E-state index in [9.17, 15) is 17.2 Å². The Labute approximate surface area is 129 Å². The zero-order valence-corrected chi connectivity index (χ0v) is 12.5. The third kappa shape index (κ3) is 3.55. The Morgan fingerprint density at radius 2 is 1.57 bits per heavy atom. The lowest BCUT2D eigenvalue weighted by Crippen LogP contribution is -2.13. The zero-order chi connectivity index (χ0) is 15.8. The number of hydrogen-bond acceptors (Lipinski definition) is 3. The van der Waals surface area contributed by atoms with Crippen molar-refractivity contribution >= 4 is 44.6 Å². The normalized spacial score (nSPS) is 11.4. The van der Waals surface area contributed by atoms with Crippen LogP contribution in [0.3, 0.4) is 0 Å². The first-order valence-electron chi connectivity index (χ1n) is 5.42. The van der Waals surface area contributed by atoms with Gasteiger partial charge in [-0.25, -0.2) is 17.2 Å². The first kappa shape index (κ1) is 15.8. The highest BCUT2D eigenvalue weighted by Gasteiger charge is 2.17.